The molecular weight excluding hydrogens is 242 g/mol. The van der Waals surface area contributed by atoms with E-state index in [0.29, 0.717) is 18.2 Å². The van der Waals surface area contributed by atoms with Gasteiger partial charge in [0.05, 0.1) is 0 Å². The summed E-state index contributed by atoms with van der Waals surface area (Å²) in [6, 6.07) is 7.89. The van der Waals surface area contributed by atoms with Gasteiger partial charge in [-0.3, -0.25) is 4.79 Å². The first-order valence-electron chi connectivity index (χ1n) is 6.64. The highest BCUT2D eigenvalue weighted by Crippen LogP contribution is 2.18. The molecule has 0 unspecified atom stereocenters. The lowest BCUT2D eigenvalue weighted by molar-refractivity contribution is -0.123. The fourth-order valence-electron chi connectivity index (χ4n) is 1.72. The third kappa shape index (κ3) is 5.12. The van der Waals surface area contributed by atoms with Crippen LogP contribution in [0, 0.1) is 0 Å². The average Bonchev–Trinajstić information content (AvgIpc) is 3.19. The van der Waals surface area contributed by atoms with Crippen LogP contribution in [0.2, 0.25) is 0 Å². The SMILES string of the molecule is CC(=O)CCc1ccc(OCC(=O)NC2CC2)cc1. The number of carbonyl (C=O) groups excluding carboxylic acids is 2. The number of ether oxygens (including phenoxy) is 1. The van der Waals surface area contributed by atoms with E-state index in [0.717, 1.165) is 24.8 Å². The summed E-state index contributed by atoms with van der Waals surface area (Å²) in [6.07, 6.45) is 3.47. The molecule has 0 saturated heterocycles. The molecule has 1 N–H and O–H groups in total. The summed E-state index contributed by atoms with van der Waals surface area (Å²) in [5.74, 6) is 0.803. The van der Waals surface area contributed by atoms with Crippen molar-refractivity contribution in [2.75, 3.05) is 6.61 Å². The molecule has 0 aromatic heterocycles. The molecule has 1 aliphatic carbocycles. The lowest BCUT2D eigenvalue weighted by Crippen LogP contribution is -2.30. The van der Waals surface area contributed by atoms with E-state index in [1.165, 1.54) is 0 Å². The number of hydrogen-bond donors (Lipinski definition) is 1. The topological polar surface area (TPSA) is 55.4 Å². The number of hydrogen-bond acceptors (Lipinski definition) is 3. The van der Waals surface area contributed by atoms with Crippen molar-refractivity contribution in [2.24, 2.45) is 0 Å². The zero-order chi connectivity index (χ0) is 13.7. The number of amides is 1. The summed E-state index contributed by atoms with van der Waals surface area (Å²) in [4.78, 5) is 22.3. The highest BCUT2D eigenvalue weighted by molar-refractivity contribution is 5.78. The van der Waals surface area contributed by atoms with Crippen LogP contribution < -0.4 is 10.1 Å². The Hall–Kier alpha value is -1.84. The predicted molar refractivity (Wildman–Crippen MR) is 72.1 cm³/mol. The predicted octanol–water partition coefficient (Wildman–Crippen LogP) is 1.87. The summed E-state index contributed by atoms with van der Waals surface area (Å²) in [6.45, 7) is 1.65. The highest BCUT2D eigenvalue weighted by atomic mass is 16.5. The molecule has 0 aliphatic heterocycles. The second kappa shape index (κ2) is 6.36. The normalized spacial score (nSPS) is 13.9. The summed E-state index contributed by atoms with van der Waals surface area (Å²) in [5, 5.41) is 2.87. The van der Waals surface area contributed by atoms with E-state index in [2.05, 4.69) is 5.32 Å². The molecule has 102 valence electrons. The number of ketones is 1. The molecule has 1 aliphatic rings. The highest BCUT2D eigenvalue weighted by Gasteiger charge is 2.23. The number of nitrogens with one attached hydrogen (secondary N) is 1. The minimum Gasteiger partial charge on any atom is -0.484 e. The first-order valence-corrected chi connectivity index (χ1v) is 6.64. The summed E-state index contributed by atoms with van der Waals surface area (Å²) < 4.78 is 5.40. The fourth-order valence-corrected chi connectivity index (χ4v) is 1.72. The van der Waals surface area contributed by atoms with Gasteiger partial charge >= 0.3 is 0 Å². The van der Waals surface area contributed by atoms with Gasteiger partial charge in [0, 0.05) is 12.5 Å². The van der Waals surface area contributed by atoms with E-state index in [-0.39, 0.29) is 18.3 Å². The Bertz CT molecular complexity index is 449. The van der Waals surface area contributed by atoms with Crippen molar-refractivity contribution >= 4 is 11.7 Å². The first kappa shape index (κ1) is 13.6. The average molecular weight is 261 g/mol. The molecule has 1 saturated carbocycles. The van der Waals surface area contributed by atoms with Crippen molar-refractivity contribution in [3.05, 3.63) is 29.8 Å². The smallest absolute Gasteiger partial charge is 0.258 e. The van der Waals surface area contributed by atoms with Crippen LogP contribution in [0.25, 0.3) is 0 Å². The molecule has 0 atom stereocenters. The van der Waals surface area contributed by atoms with Crippen LogP contribution in [-0.2, 0) is 16.0 Å². The van der Waals surface area contributed by atoms with Crippen LogP contribution in [0.1, 0.15) is 31.7 Å². The lowest BCUT2D eigenvalue weighted by atomic mass is 10.1. The molecule has 1 amide bonds. The van der Waals surface area contributed by atoms with Crippen molar-refractivity contribution in [2.45, 2.75) is 38.6 Å². The van der Waals surface area contributed by atoms with E-state index < -0.39 is 0 Å². The van der Waals surface area contributed by atoms with Crippen molar-refractivity contribution < 1.29 is 14.3 Å². The Morgan fingerprint density at radius 1 is 1.26 bits per heavy atom. The van der Waals surface area contributed by atoms with Crippen LogP contribution in [0.15, 0.2) is 24.3 Å². The zero-order valence-corrected chi connectivity index (χ0v) is 11.1. The molecule has 1 fully saturated rings. The van der Waals surface area contributed by atoms with E-state index in [1.807, 2.05) is 24.3 Å². The fraction of sp³-hybridized carbons (Fsp3) is 0.467. The quantitative estimate of drug-likeness (QED) is 0.815. The number of carbonyl (C=O) groups is 2. The van der Waals surface area contributed by atoms with Gasteiger partial charge in [-0.25, -0.2) is 0 Å². The Labute approximate surface area is 113 Å². The number of Topliss-reactive ketones (excluding diaryl/α,β-unsaturated/α-hetero) is 1. The second-order valence-electron chi connectivity index (χ2n) is 4.98. The molecule has 0 radical (unpaired) electrons. The van der Waals surface area contributed by atoms with Gasteiger partial charge in [0.1, 0.15) is 11.5 Å². The molecule has 1 aromatic carbocycles. The van der Waals surface area contributed by atoms with Gasteiger partial charge in [-0.15, -0.1) is 0 Å². The van der Waals surface area contributed by atoms with Crippen molar-refractivity contribution in [3.63, 3.8) is 0 Å². The first-order chi connectivity index (χ1) is 9.13. The minimum atomic E-state index is -0.0665. The maximum atomic E-state index is 11.4. The molecular formula is C15H19NO3. The van der Waals surface area contributed by atoms with Crippen molar-refractivity contribution in [3.8, 4) is 5.75 Å². The lowest BCUT2D eigenvalue weighted by Gasteiger charge is -2.07. The van der Waals surface area contributed by atoms with Gasteiger partial charge in [-0.1, -0.05) is 12.1 Å². The third-order valence-corrected chi connectivity index (χ3v) is 3.00. The van der Waals surface area contributed by atoms with Gasteiger partial charge in [0.25, 0.3) is 5.91 Å². The van der Waals surface area contributed by atoms with E-state index in [9.17, 15) is 9.59 Å². The molecule has 4 nitrogen and oxygen atoms in total. The van der Waals surface area contributed by atoms with Crippen LogP contribution in [0.4, 0.5) is 0 Å². The van der Waals surface area contributed by atoms with E-state index >= 15 is 0 Å². The standard InChI is InChI=1S/C15H19NO3/c1-11(17)2-3-12-4-8-14(9-5-12)19-10-15(18)16-13-6-7-13/h4-5,8-9,13H,2-3,6-7,10H2,1H3,(H,16,18). The second-order valence-corrected chi connectivity index (χ2v) is 4.98. The van der Waals surface area contributed by atoms with E-state index in [1.54, 1.807) is 6.92 Å². The summed E-state index contributed by atoms with van der Waals surface area (Å²) in [7, 11) is 0. The van der Waals surface area contributed by atoms with Crippen LogP contribution in [0.5, 0.6) is 5.75 Å². The molecule has 0 heterocycles. The molecule has 19 heavy (non-hydrogen) atoms. The van der Waals surface area contributed by atoms with Gasteiger partial charge in [-0.05, 0) is 43.9 Å². The zero-order valence-electron chi connectivity index (χ0n) is 11.1. The number of aryl methyl sites for hydroxylation is 1. The van der Waals surface area contributed by atoms with E-state index in [4.69, 9.17) is 4.74 Å². The van der Waals surface area contributed by atoms with Crippen molar-refractivity contribution in [1.29, 1.82) is 0 Å². The molecule has 0 spiro atoms. The Kier molecular flexibility index (Phi) is 4.55. The monoisotopic (exact) mass is 261 g/mol. The largest absolute Gasteiger partial charge is 0.484 e. The van der Waals surface area contributed by atoms with Gasteiger partial charge in [0.15, 0.2) is 6.61 Å². The van der Waals surface area contributed by atoms with Crippen LogP contribution in [0.3, 0.4) is 0 Å². The van der Waals surface area contributed by atoms with Gasteiger partial charge in [-0.2, -0.15) is 0 Å². The number of rotatable bonds is 7. The Balaban J connectivity index is 1.74. The maximum absolute atomic E-state index is 11.4. The van der Waals surface area contributed by atoms with Crippen LogP contribution >= 0.6 is 0 Å². The molecule has 2 rings (SSSR count). The Morgan fingerprint density at radius 3 is 2.53 bits per heavy atom. The molecule has 1 aromatic rings. The Morgan fingerprint density at radius 2 is 1.95 bits per heavy atom. The van der Waals surface area contributed by atoms with Gasteiger partial charge < -0.3 is 14.8 Å². The van der Waals surface area contributed by atoms with Crippen molar-refractivity contribution in [1.82, 2.24) is 5.32 Å². The summed E-state index contributed by atoms with van der Waals surface area (Å²) in [5.41, 5.74) is 1.10. The van der Waals surface area contributed by atoms with Crippen LogP contribution in [-0.4, -0.2) is 24.3 Å². The summed E-state index contributed by atoms with van der Waals surface area (Å²) >= 11 is 0. The molecule has 0 bridgehead atoms. The minimum absolute atomic E-state index is 0.0588. The number of benzene rings is 1. The third-order valence-electron chi connectivity index (χ3n) is 3.00. The maximum Gasteiger partial charge on any atom is 0.258 e. The molecule has 4 heteroatoms. The van der Waals surface area contributed by atoms with Gasteiger partial charge in [0.2, 0.25) is 0 Å².